The van der Waals surface area contributed by atoms with Crippen molar-refractivity contribution < 1.29 is 5.11 Å². The van der Waals surface area contributed by atoms with Crippen molar-refractivity contribution in [3.8, 4) is 5.75 Å². The molecule has 0 aliphatic heterocycles. The van der Waals surface area contributed by atoms with E-state index in [-0.39, 0.29) is 5.41 Å². The third-order valence-corrected chi connectivity index (χ3v) is 4.92. The van der Waals surface area contributed by atoms with E-state index in [0.717, 1.165) is 26.5 Å². The Morgan fingerprint density at radius 1 is 1.00 bits per heavy atom. The molecule has 0 aliphatic rings. The number of aromatic hydroxyl groups is 1. The number of aryl methyl sites for hydroxylation is 2. The van der Waals surface area contributed by atoms with Crippen molar-refractivity contribution >= 4 is 17.4 Å². The Bertz CT molecular complexity index is 718. The lowest BCUT2D eigenvalue weighted by Gasteiger charge is -2.22. The van der Waals surface area contributed by atoms with E-state index in [1.165, 1.54) is 0 Å². The maximum absolute atomic E-state index is 10.6. The number of nitrogens with zero attached hydrogens (tertiary/aromatic N) is 1. The lowest BCUT2D eigenvalue weighted by molar-refractivity contribution is 0.445. The van der Waals surface area contributed by atoms with Crippen LogP contribution in [0.5, 0.6) is 5.75 Å². The molecule has 2 aromatic carbocycles. The summed E-state index contributed by atoms with van der Waals surface area (Å²) in [6.45, 7) is 10.2. The van der Waals surface area contributed by atoms with E-state index < -0.39 is 0 Å². The Balaban J connectivity index is 2.43. The third kappa shape index (κ3) is 3.50. The first kappa shape index (κ1) is 16.6. The molecule has 4 heteroatoms. The van der Waals surface area contributed by atoms with Crippen LogP contribution in [-0.4, -0.2) is 5.11 Å². The van der Waals surface area contributed by atoms with Gasteiger partial charge in [0.05, 0.1) is 0 Å². The molecule has 0 atom stereocenters. The van der Waals surface area contributed by atoms with E-state index in [2.05, 4.69) is 32.0 Å². The minimum atomic E-state index is -0.118. The van der Waals surface area contributed by atoms with Crippen LogP contribution in [0.2, 0.25) is 0 Å². The predicted octanol–water partition coefficient (Wildman–Crippen LogP) is 5.86. The van der Waals surface area contributed by atoms with E-state index in [9.17, 15) is 10.0 Å². The molecular weight excluding hydrogens is 294 g/mol. The Morgan fingerprint density at radius 3 is 2.18 bits per heavy atom. The average molecular weight is 315 g/mol. The molecule has 0 spiro atoms. The Labute approximate surface area is 135 Å². The molecule has 0 aliphatic carbocycles. The Morgan fingerprint density at radius 2 is 1.64 bits per heavy atom. The van der Waals surface area contributed by atoms with Crippen LogP contribution >= 0.6 is 11.8 Å². The zero-order valence-electron chi connectivity index (χ0n) is 13.6. The average Bonchev–Trinajstić information content (AvgIpc) is 2.42. The molecule has 0 saturated carbocycles. The minimum absolute atomic E-state index is 0.118. The summed E-state index contributed by atoms with van der Waals surface area (Å²) in [6, 6.07) is 9.30. The van der Waals surface area contributed by atoms with Crippen LogP contribution in [0.3, 0.4) is 0 Å². The van der Waals surface area contributed by atoms with Gasteiger partial charge >= 0.3 is 0 Å². The van der Waals surface area contributed by atoms with Crippen LogP contribution in [0, 0.1) is 18.8 Å². The van der Waals surface area contributed by atoms with E-state index in [0.29, 0.717) is 11.4 Å². The standard InChI is InChI=1S/C18H21NO2S/c1-11-8-13(19-21)6-7-16(11)22-17-10-14(18(3,4)5)15(20)9-12(17)2/h6-10,20H,1-5H3. The molecule has 2 aromatic rings. The molecule has 0 unspecified atom stereocenters. The van der Waals surface area contributed by atoms with Gasteiger partial charge < -0.3 is 5.11 Å². The SMILES string of the molecule is Cc1cc(N=O)ccc1Sc1cc(C(C)(C)C)c(O)cc1C. The lowest BCUT2D eigenvalue weighted by Crippen LogP contribution is -2.11. The zero-order chi connectivity index (χ0) is 16.5. The van der Waals surface area contributed by atoms with Crippen molar-refractivity contribution in [2.45, 2.75) is 49.8 Å². The summed E-state index contributed by atoms with van der Waals surface area (Å²) in [5.74, 6) is 0.339. The summed E-state index contributed by atoms with van der Waals surface area (Å²) in [5, 5.41) is 13.1. The van der Waals surface area contributed by atoms with E-state index in [1.807, 2.05) is 26.0 Å². The molecule has 0 amide bonds. The molecule has 116 valence electrons. The van der Waals surface area contributed by atoms with Gasteiger partial charge in [-0.1, -0.05) is 32.5 Å². The van der Waals surface area contributed by atoms with Gasteiger partial charge in [-0.05, 0) is 65.9 Å². The number of benzene rings is 2. The minimum Gasteiger partial charge on any atom is -0.508 e. The van der Waals surface area contributed by atoms with Gasteiger partial charge in [-0.3, -0.25) is 0 Å². The smallest absolute Gasteiger partial charge is 0.119 e. The van der Waals surface area contributed by atoms with Crippen molar-refractivity contribution in [3.63, 3.8) is 0 Å². The van der Waals surface area contributed by atoms with Crippen molar-refractivity contribution in [2.75, 3.05) is 0 Å². The van der Waals surface area contributed by atoms with E-state index >= 15 is 0 Å². The summed E-state index contributed by atoms with van der Waals surface area (Å²) < 4.78 is 0. The molecule has 0 fully saturated rings. The highest BCUT2D eigenvalue weighted by Crippen LogP contribution is 2.40. The third-order valence-electron chi connectivity index (χ3n) is 3.59. The van der Waals surface area contributed by atoms with Gasteiger partial charge in [0.2, 0.25) is 0 Å². The molecule has 22 heavy (non-hydrogen) atoms. The molecular formula is C18H21NO2S. The van der Waals surface area contributed by atoms with Crippen LogP contribution in [0.4, 0.5) is 5.69 Å². The van der Waals surface area contributed by atoms with Gasteiger partial charge in [-0.25, -0.2) is 0 Å². The number of phenols is 1. The second-order valence-electron chi connectivity index (χ2n) is 6.53. The Kier molecular flexibility index (Phi) is 4.61. The highest BCUT2D eigenvalue weighted by Gasteiger charge is 2.20. The maximum Gasteiger partial charge on any atom is 0.119 e. The van der Waals surface area contributed by atoms with E-state index in [1.54, 1.807) is 23.9 Å². The predicted molar refractivity (Wildman–Crippen MR) is 92.3 cm³/mol. The van der Waals surface area contributed by atoms with Crippen LogP contribution in [0.25, 0.3) is 0 Å². The fourth-order valence-corrected chi connectivity index (χ4v) is 3.30. The van der Waals surface area contributed by atoms with Gasteiger partial charge in [-0.15, -0.1) is 4.91 Å². The summed E-state index contributed by atoms with van der Waals surface area (Å²) >= 11 is 1.64. The summed E-state index contributed by atoms with van der Waals surface area (Å²) in [5.41, 5.74) is 3.32. The van der Waals surface area contributed by atoms with Gasteiger partial charge in [0, 0.05) is 15.4 Å². The number of rotatable bonds is 3. The quantitative estimate of drug-likeness (QED) is 0.722. The first-order valence-electron chi connectivity index (χ1n) is 7.18. The molecule has 1 N–H and O–H groups in total. The molecule has 0 heterocycles. The Hall–Kier alpha value is -1.81. The molecule has 0 radical (unpaired) electrons. The van der Waals surface area contributed by atoms with Crippen molar-refractivity contribution in [2.24, 2.45) is 5.18 Å². The highest BCUT2D eigenvalue weighted by atomic mass is 32.2. The van der Waals surface area contributed by atoms with E-state index in [4.69, 9.17) is 0 Å². The lowest BCUT2D eigenvalue weighted by atomic mass is 9.86. The number of hydrogen-bond donors (Lipinski definition) is 1. The molecule has 0 aromatic heterocycles. The fourth-order valence-electron chi connectivity index (χ4n) is 2.31. The second kappa shape index (κ2) is 6.13. The molecule has 3 nitrogen and oxygen atoms in total. The molecule has 0 saturated heterocycles. The first-order chi connectivity index (χ1) is 10.2. The topological polar surface area (TPSA) is 49.7 Å². The monoisotopic (exact) mass is 315 g/mol. The number of phenolic OH excluding ortho intramolecular Hbond substituents is 1. The maximum atomic E-state index is 10.6. The molecule has 2 rings (SSSR count). The second-order valence-corrected chi connectivity index (χ2v) is 7.61. The summed E-state index contributed by atoms with van der Waals surface area (Å²) in [6.07, 6.45) is 0. The van der Waals surface area contributed by atoms with Gasteiger partial charge in [-0.2, -0.15) is 0 Å². The summed E-state index contributed by atoms with van der Waals surface area (Å²) in [4.78, 5) is 12.8. The van der Waals surface area contributed by atoms with Crippen molar-refractivity contribution in [3.05, 3.63) is 51.9 Å². The van der Waals surface area contributed by atoms with Gasteiger partial charge in [0.1, 0.15) is 11.4 Å². The number of nitroso groups, excluding NO2 is 1. The molecule has 0 bridgehead atoms. The normalized spacial score (nSPS) is 11.5. The van der Waals surface area contributed by atoms with Crippen molar-refractivity contribution in [1.82, 2.24) is 0 Å². The first-order valence-corrected chi connectivity index (χ1v) is 8.00. The highest BCUT2D eigenvalue weighted by molar-refractivity contribution is 7.99. The van der Waals surface area contributed by atoms with Gasteiger partial charge in [0.25, 0.3) is 0 Å². The van der Waals surface area contributed by atoms with Crippen LogP contribution in [0.1, 0.15) is 37.5 Å². The summed E-state index contributed by atoms with van der Waals surface area (Å²) in [7, 11) is 0. The van der Waals surface area contributed by atoms with Crippen LogP contribution in [-0.2, 0) is 5.41 Å². The van der Waals surface area contributed by atoms with Gasteiger partial charge in [0.15, 0.2) is 0 Å². The van der Waals surface area contributed by atoms with Crippen LogP contribution < -0.4 is 0 Å². The zero-order valence-corrected chi connectivity index (χ0v) is 14.4. The van der Waals surface area contributed by atoms with Crippen LogP contribution in [0.15, 0.2) is 45.3 Å². The van der Waals surface area contributed by atoms with Crippen molar-refractivity contribution in [1.29, 1.82) is 0 Å². The fraction of sp³-hybridized carbons (Fsp3) is 0.333. The number of hydrogen-bond acceptors (Lipinski definition) is 4. The largest absolute Gasteiger partial charge is 0.508 e.